The monoisotopic (exact) mass is 291 g/mol. The summed E-state index contributed by atoms with van der Waals surface area (Å²) in [5, 5.41) is 14.0. The second-order valence-corrected chi connectivity index (χ2v) is 7.39. The average molecular weight is 291 g/mol. The number of hydrogen-bond donors (Lipinski definition) is 2. The third kappa shape index (κ3) is 4.72. The van der Waals surface area contributed by atoms with Crippen LogP contribution in [0.2, 0.25) is 0 Å². The lowest BCUT2D eigenvalue weighted by atomic mass is 10.0. The fraction of sp³-hybridized carbons (Fsp3) is 0.667. The van der Waals surface area contributed by atoms with Gasteiger partial charge in [-0.3, -0.25) is 0 Å². The molecule has 1 fully saturated rings. The number of rotatable bonds is 5. The van der Waals surface area contributed by atoms with E-state index in [2.05, 4.69) is 51.2 Å². The van der Waals surface area contributed by atoms with E-state index in [4.69, 9.17) is 4.74 Å². The third-order valence-electron chi connectivity index (χ3n) is 4.12. The first-order valence-electron chi connectivity index (χ1n) is 7.98. The van der Waals surface area contributed by atoms with Crippen LogP contribution < -0.4 is 10.1 Å². The second-order valence-electron chi connectivity index (χ2n) is 7.39. The summed E-state index contributed by atoms with van der Waals surface area (Å²) in [6, 6.07) is 6.22. The fourth-order valence-corrected chi connectivity index (χ4v) is 2.80. The molecule has 21 heavy (non-hydrogen) atoms. The molecule has 1 saturated carbocycles. The van der Waals surface area contributed by atoms with Crippen molar-refractivity contribution in [2.24, 2.45) is 0 Å². The van der Waals surface area contributed by atoms with E-state index in [1.807, 2.05) is 0 Å². The summed E-state index contributed by atoms with van der Waals surface area (Å²) in [5.74, 6) is 0.926. The maximum absolute atomic E-state index is 10.5. The van der Waals surface area contributed by atoms with E-state index in [0.29, 0.717) is 6.61 Å². The molecule has 1 aliphatic carbocycles. The van der Waals surface area contributed by atoms with E-state index in [1.165, 1.54) is 0 Å². The van der Waals surface area contributed by atoms with E-state index in [1.54, 1.807) is 0 Å². The van der Waals surface area contributed by atoms with Crippen molar-refractivity contribution in [2.75, 3.05) is 6.61 Å². The van der Waals surface area contributed by atoms with Crippen LogP contribution in [-0.2, 0) is 6.54 Å². The number of hydrogen-bond acceptors (Lipinski definition) is 3. The summed E-state index contributed by atoms with van der Waals surface area (Å²) >= 11 is 0. The largest absolute Gasteiger partial charge is 0.490 e. The minimum atomic E-state index is -0.628. The van der Waals surface area contributed by atoms with Gasteiger partial charge in [-0.2, -0.15) is 0 Å². The van der Waals surface area contributed by atoms with Gasteiger partial charge in [0.15, 0.2) is 0 Å². The number of ether oxygens (including phenoxy) is 1. The van der Waals surface area contributed by atoms with Crippen LogP contribution in [0.3, 0.4) is 0 Å². The Morgan fingerprint density at radius 2 is 1.90 bits per heavy atom. The quantitative estimate of drug-likeness (QED) is 0.871. The Bertz CT molecular complexity index is 471. The standard InChI is InChI=1S/C18H29NO2/c1-14-8-7-9-15(12-19-17(2,3)4)16(14)21-13-18(20)10-5-6-11-18/h7-9,19-20H,5-6,10-13H2,1-4H3. The van der Waals surface area contributed by atoms with Gasteiger partial charge in [-0.1, -0.05) is 31.0 Å². The molecule has 0 amide bonds. The lowest BCUT2D eigenvalue weighted by Gasteiger charge is -2.25. The van der Waals surface area contributed by atoms with Gasteiger partial charge in [0.25, 0.3) is 0 Å². The van der Waals surface area contributed by atoms with Gasteiger partial charge in [-0.25, -0.2) is 0 Å². The molecule has 3 heteroatoms. The summed E-state index contributed by atoms with van der Waals surface area (Å²) in [7, 11) is 0. The van der Waals surface area contributed by atoms with Gasteiger partial charge in [-0.15, -0.1) is 0 Å². The maximum Gasteiger partial charge on any atom is 0.126 e. The van der Waals surface area contributed by atoms with Crippen LogP contribution >= 0.6 is 0 Å². The Hall–Kier alpha value is -1.06. The lowest BCUT2D eigenvalue weighted by molar-refractivity contribution is 0.000895. The summed E-state index contributed by atoms with van der Waals surface area (Å²) in [5.41, 5.74) is 1.73. The van der Waals surface area contributed by atoms with Gasteiger partial charge in [0.1, 0.15) is 12.4 Å². The first-order valence-corrected chi connectivity index (χ1v) is 7.98. The number of benzene rings is 1. The molecule has 1 aromatic rings. The molecule has 0 saturated heterocycles. The molecule has 0 aliphatic heterocycles. The molecule has 2 rings (SSSR count). The van der Waals surface area contributed by atoms with Crippen LogP contribution in [0, 0.1) is 6.92 Å². The number of nitrogens with one attached hydrogen (secondary N) is 1. The molecule has 1 aliphatic rings. The van der Waals surface area contributed by atoms with Gasteiger partial charge in [0.05, 0.1) is 5.60 Å². The minimum absolute atomic E-state index is 0.0741. The highest BCUT2D eigenvalue weighted by molar-refractivity contribution is 5.40. The van der Waals surface area contributed by atoms with Crippen molar-refractivity contribution in [3.8, 4) is 5.75 Å². The maximum atomic E-state index is 10.5. The molecule has 0 bridgehead atoms. The summed E-state index contributed by atoms with van der Waals surface area (Å²) in [6.07, 6.45) is 3.92. The topological polar surface area (TPSA) is 41.5 Å². The van der Waals surface area contributed by atoms with Gasteiger partial charge in [0, 0.05) is 17.6 Å². The molecular weight excluding hydrogens is 262 g/mol. The highest BCUT2D eigenvalue weighted by Gasteiger charge is 2.32. The van der Waals surface area contributed by atoms with Crippen LogP contribution in [0.1, 0.15) is 57.6 Å². The van der Waals surface area contributed by atoms with Crippen LogP contribution in [0.4, 0.5) is 0 Å². The molecular formula is C18H29NO2. The molecule has 0 radical (unpaired) electrons. The number of para-hydroxylation sites is 1. The predicted octanol–water partition coefficient (Wildman–Crippen LogP) is 3.57. The Labute approximate surface area is 128 Å². The van der Waals surface area contributed by atoms with Crippen LogP contribution in [0.15, 0.2) is 18.2 Å². The zero-order valence-corrected chi connectivity index (χ0v) is 13.8. The van der Waals surface area contributed by atoms with Gasteiger partial charge >= 0.3 is 0 Å². The molecule has 3 nitrogen and oxygen atoms in total. The number of aryl methyl sites for hydroxylation is 1. The smallest absolute Gasteiger partial charge is 0.126 e. The normalized spacial score (nSPS) is 18.0. The van der Waals surface area contributed by atoms with Crippen molar-refractivity contribution in [2.45, 2.75) is 71.1 Å². The second kappa shape index (κ2) is 6.37. The van der Waals surface area contributed by atoms with Crippen molar-refractivity contribution in [1.82, 2.24) is 5.32 Å². The highest BCUT2D eigenvalue weighted by atomic mass is 16.5. The van der Waals surface area contributed by atoms with E-state index in [9.17, 15) is 5.11 Å². The van der Waals surface area contributed by atoms with Crippen molar-refractivity contribution < 1.29 is 9.84 Å². The summed E-state index contributed by atoms with van der Waals surface area (Å²) in [6.45, 7) is 9.72. The van der Waals surface area contributed by atoms with Crippen LogP contribution in [-0.4, -0.2) is 22.9 Å². The van der Waals surface area contributed by atoms with Crippen molar-refractivity contribution in [3.63, 3.8) is 0 Å². The van der Waals surface area contributed by atoms with Crippen molar-refractivity contribution in [3.05, 3.63) is 29.3 Å². The summed E-state index contributed by atoms with van der Waals surface area (Å²) < 4.78 is 6.03. The van der Waals surface area contributed by atoms with Gasteiger partial charge in [0.2, 0.25) is 0 Å². The average Bonchev–Trinajstić information content (AvgIpc) is 2.81. The molecule has 118 valence electrons. The first kappa shape index (κ1) is 16.3. The lowest BCUT2D eigenvalue weighted by Crippen LogP contribution is -2.35. The molecule has 0 aromatic heterocycles. The SMILES string of the molecule is Cc1cccc(CNC(C)(C)C)c1OCC1(O)CCCC1. The first-order chi connectivity index (χ1) is 9.79. The van der Waals surface area contributed by atoms with Crippen molar-refractivity contribution in [1.29, 1.82) is 0 Å². The molecule has 0 spiro atoms. The molecule has 2 N–H and O–H groups in total. The molecule has 1 aromatic carbocycles. The van der Waals surface area contributed by atoms with Crippen molar-refractivity contribution >= 4 is 0 Å². The number of aliphatic hydroxyl groups is 1. The molecule has 0 heterocycles. The zero-order chi connectivity index (χ0) is 15.5. The molecule has 0 atom stereocenters. The Morgan fingerprint density at radius 1 is 1.24 bits per heavy atom. The van der Waals surface area contributed by atoms with E-state index >= 15 is 0 Å². The van der Waals surface area contributed by atoms with Gasteiger partial charge in [-0.05, 0) is 46.1 Å². The van der Waals surface area contributed by atoms with Crippen LogP contribution in [0.25, 0.3) is 0 Å². The van der Waals surface area contributed by atoms with Crippen LogP contribution in [0.5, 0.6) is 5.75 Å². The predicted molar refractivity (Wildman–Crippen MR) is 86.7 cm³/mol. The third-order valence-corrected chi connectivity index (χ3v) is 4.12. The van der Waals surface area contributed by atoms with E-state index in [0.717, 1.165) is 49.1 Å². The van der Waals surface area contributed by atoms with E-state index < -0.39 is 5.60 Å². The Morgan fingerprint density at radius 3 is 2.52 bits per heavy atom. The van der Waals surface area contributed by atoms with E-state index in [-0.39, 0.29) is 5.54 Å². The fourth-order valence-electron chi connectivity index (χ4n) is 2.80. The summed E-state index contributed by atoms with van der Waals surface area (Å²) in [4.78, 5) is 0. The highest BCUT2D eigenvalue weighted by Crippen LogP contribution is 2.32. The molecule has 0 unspecified atom stereocenters. The Balaban J connectivity index is 2.06. The Kier molecular flexibility index (Phi) is 4.95. The van der Waals surface area contributed by atoms with Gasteiger partial charge < -0.3 is 15.2 Å². The zero-order valence-electron chi connectivity index (χ0n) is 13.8. The minimum Gasteiger partial charge on any atom is -0.490 e.